The van der Waals surface area contributed by atoms with E-state index in [1.165, 1.54) is 37.2 Å². The molecule has 0 spiro atoms. The van der Waals surface area contributed by atoms with E-state index >= 15 is 4.39 Å². The van der Waals surface area contributed by atoms with Crippen molar-refractivity contribution >= 4 is 38.8 Å². The van der Waals surface area contributed by atoms with Gasteiger partial charge in [-0.3, -0.25) is 4.98 Å². The van der Waals surface area contributed by atoms with E-state index in [9.17, 15) is 40.0 Å². The van der Waals surface area contributed by atoms with Gasteiger partial charge in [-0.2, -0.15) is 31.6 Å². The smallest absolute Gasteiger partial charge is 0.490 e. The van der Waals surface area contributed by atoms with E-state index in [2.05, 4.69) is 30.2 Å². The van der Waals surface area contributed by atoms with Crippen LogP contribution in [0.25, 0.3) is 22.3 Å². The molecule has 22 heteroatoms. The number of carbonyl (C=O) groups is 2. The summed E-state index contributed by atoms with van der Waals surface area (Å²) < 4.78 is 109. The van der Waals surface area contributed by atoms with Crippen molar-refractivity contribution in [3.63, 3.8) is 0 Å². The molecule has 3 heterocycles. The zero-order valence-electron chi connectivity index (χ0n) is 24.3. The Morgan fingerprint density at radius 1 is 1.04 bits per heavy atom. The molecule has 0 atom stereocenters. The van der Waals surface area contributed by atoms with Crippen LogP contribution in [0.15, 0.2) is 42.1 Å². The zero-order chi connectivity index (χ0) is 36.4. The van der Waals surface area contributed by atoms with Crippen LogP contribution in [-0.2, 0) is 25.8 Å². The molecule has 0 radical (unpaired) electrons. The van der Waals surface area contributed by atoms with Crippen molar-refractivity contribution in [3.8, 4) is 22.9 Å². The predicted octanol–water partition coefficient (Wildman–Crippen LogP) is 4.15. The van der Waals surface area contributed by atoms with Crippen LogP contribution in [0.3, 0.4) is 0 Å². The molecule has 48 heavy (non-hydrogen) atoms. The predicted molar refractivity (Wildman–Crippen MR) is 150 cm³/mol. The van der Waals surface area contributed by atoms with Crippen LogP contribution in [0.2, 0.25) is 0 Å². The summed E-state index contributed by atoms with van der Waals surface area (Å²) in [4.78, 5) is 37.0. The van der Waals surface area contributed by atoms with Crippen molar-refractivity contribution in [3.05, 3.63) is 54.1 Å². The second-order valence-electron chi connectivity index (χ2n) is 8.93. The van der Waals surface area contributed by atoms with Crippen molar-refractivity contribution in [2.75, 3.05) is 24.7 Å². The lowest BCUT2D eigenvalue weighted by Gasteiger charge is -2.18. The number of nitriles is 1. The highest BCUT2D eigenvalue weighted by Gasteiger charge is 2.38. The van der Waals surface area contributed by atoms with Gasteiger partial charge < -0.3 is 25.3 Å². The molecule has 4 N–H and O–H groups in total. The molecule has 258 valence electrons. The molecule has 0 bridgehead atoms. The number of aromatic amines is 1. The maximum atomic E-state index is 15.4. The van der Waals surface area contributed by atoms with Crippen molar-refractivity contribution in [1.29, 1.82) is 5.26 Å². The van der Waals surface area contributed by atoms with Gasteiger partial charge in [-0.15, -0.1) is 0 Å². The summed E-state index contributed by atoms with van der Waals surface area (Å²) in [5.74, 6) is -5.54. The van der Waals surface area contributed by atoms with Crippen LogP contribution < -0.4 is 10.1 Å². The second kappa shape index (κ2) is 15.8. The molecule has 0 unspecified atom stereocenters. The van der Waals surface area contributed by atoms with Crippen LogP contribution in [-0.4, -0.2) is 87.2 Å². The number of hydrogen-bond donors (Lipinski definition) is 4. The largest absolute Gasteiger partial charge is 0.493 e. The Labute approximate surface area is 265 Å². The number of rotatable bonds is 8. The van der Waals surface area contributed by atoms with E-state index in [0.29, 0.717) is 35.5 Å². The Morgan fingerprint density at radius 2 is 1.65 bits per heavy atom. The number of ether oxygens (including phenoxy) is 1. The Kier molecular flexibility index (Phi) is 12.7. The number of aromatic nitrogens is 5. The second-order valence-corrected chi connectivity index (χ2v) is 10.9. The van der Waals surface area contributed by atoms with Gasteiger partial charge in [0.15, 0.2) is 27.1 Å². The number of H-pyrrole nitrogens is 1. The van der Waals surface area contributed by atoms with Crippen molar-refractivity contribution < 1.29 is 63.7 Å². The fraction of sp³-hybridized carbons (Fsp3) is 0.269. The van der Waals surface area contributed by atoms with Gasteiger partial charge in [0.05, 0.1) is 29.0 Å². The van der Waals surface area contributed by atoms with Crippen LogP contribution in [0.4, 0.5) is 36.6 Å². The quantitative estimate of drug-likeness (QED) is 0.189. The number of nitrogens with zero attached hydrogens (tertiary/aromatic N) is 5. The zero-order valence-corrected chi connectivity index (χ0v) is 25.1. The van der Waals surface area contributed by atoms with Crippen LogP contribution in [0, 0.1) is 17.1 Å². The van der Waals surface area contributed by atoms with Gasteiger partial charge >= 0.3 is 24.3 Å². The van der Waals surface area contributed by atoms with E-state index < -0.39 is 39.9 Å². The Morgan fingerprint density at radius 3 is 2.17 bits per heavy atom. The van der Waals surface area contributed by atoms with Crippen LogP contribution >= 0.6 is 0 Å². The number of halogens is 7. The molecule has 0 fully saturated rings. The number of anilines is 1. The number of pyridine rings is 1. The van der Waals surface area contributed by atoms with Crippen LogP contribution in [0.5, 0.6) is 5.75 Å². The molecule has 3 aromatic heterocycles. The summed E-state index contributed by atoms with van der Waals surface area (Å²) in [6.45, 7) is 2.37. The number of imidazole rings is 1. The third-order valence-corrected chi connectivity index (χ3v) is 6.61. The molecule has 0 saturated carbocycles. The van der Waals surface area contributed by atoms with Gasteiger partial charge in [0, 0.05) is 30.8 Å². The maximum absolute atomic E-state index is 15.4. The first-order valence-corrected chi connectivity index (χ1v) is 14.6. The maximum Gasteiger partial charge on any atom is 0.490 e. The molecule has 4 rings (SSSR count). The topological polar surface area (TPSA) is 221 Å². The first kappa shape index (κ1) is 38.6. The summed E-state index contributed by atoms with van der Waals surface area (Å²) >= 11 is 0. The van der Waals surface area contributed by atoms with Crippen molar-refractivity contribution in [2.24, 2.45) is 0 Å². The summed E-state index contributed by atoms with van der Waals surface area (Å²) in [5, 5.41) is 27.0. The summed E-state index contributed by atoms with van der Waals surface area (Å²) in [5.41, 5.74) is 1.74. The van der Waals surface area contributed by atoms with E-state index in [4.69, 9.17) is 24.5 Å². The lowest BCUT2D eigenvalue weighted by atomic mass is 9.96. The van der Waals surface area contributed by atoms with Crippen molar-refractivity contribution in [1.82, 2.24) is 24.9 Å². The molecule has 0 amide bonds. The number of alkyl halides is 6. The first-order chi connectivity index (χ1) is 22.2. The third-order valence-electron chi connectivity index (χ3n) is 5.53. The number of carboxylic acid groups (broad SMARTS) is 2. The molecule has 0 saturated heterocycles. The monoisotopic (exact) mass is 709 g/mol. The van der Waals surface area contributed by atoms with Gasteiger partial charge in [0.2, 0.25) is 0 Å². The van der Waals surface area contributed by atoms with Gasteiger partial charge in [-0.05, 0) is 31.0 Å². The molecule has 14 nitrogen and oxygen atoms in total. The SMILES string of the molecule is CCOc1c(CCNc2ncnc3nc[nH]c23)cc(C#N)c(F)c1-c1cncc(S(C)(=O)=O)c1.O=C(O)C(F)(F)F.O=C(O)C(F)(F)F. The highest BCUT2D eigenvalue weighted by molar-refractivity contribution is 7.90. The molecule has 1 aromatic carbocycles. The highest BCUT2D eigenvalue weighted by Crippen LogP contribution is 2.38. The molecular weight excluding hydrogens is 687 g/mol. The molecular formula is C26H22F7N7O7S. The van der Waals surface area contributed by atoms with E-state index in [-0.39, 0.29) is 33.9 Å². The average Bonchev–Trinajstić information content (AvgIpc) is 3.48. The molecule has 4 aromatic rings. The summed E-state index contributed by atoms with van der Waals surface area (Å²) in [7, 11) is -3.58. The number of carboxylic acids is 2. The minimum Gasteiger partial charge on any atom is -0.493 e. The van der Waals surface area contributed by atoms with Gasteiger partial charge in [-0.25, -0.2) is 37.3 Å². The average molecular weight is 710 g/mol. The summed E-state index contributed by atoms with van der Waals surface area (Å²) in [6.07, 6.45) is -3.33. The highest BCUT2D eigenvalue weighted by atomic mass is 32.2. The van der Waals surface area contributed by atoms with Gasteiger partial charge in [0.25, 0.3) is 0 Å². The number of aliphatic carboxylic acids is 2. The minimum absolute atomic E-state index is 0.00751. The Balaban J connectivity index is 0.000000479. The van der Waals surface area contributed by atoms with E-state index in [1.54, 1.807) is 6.92 Å². The van der Waals surface area contributed by atoms with E-state index in [0.717, 1.165) is 6.26 Å². The number of fused-ring (bicyclic) bond motifs is 1. The number of benzene rings is 1. The number of nitrogens with one attached hydrogen (secondary N) is 2. The fourth-order valence-electron chi connectivity index (χ4n) is 3.51. The third kappa shape index (κ3) is 10.5. The minimum atomic E-state index is -5.08. The number of sulfone groups is 1. The lowest BCUT2D eigenvalue weighted by molar-refractivity contribution is -0.193. The van der Waals surface area contributed by atoms with Crippen molar-refractivity contribution in [2.45, 2.75) is 30.6 Å². The molecule has 0 aliphatic heterocycles. The Bertz CT molecular complexity index is 1900. The molecule has 0 aliphatic carbocycles. The molecule has 0 aliphatic rings. The van der Waals surface area contributed by atoms with Gasteiger partial charge in [0.1, 0.15) is 23.7 Å². The standard InChI is InChI=1S/C22H20FN7O3S.2C2HF3O2/c1-3-33-20-13(4-5-26-21-19-22(28-11-27-19)30-12-29-21)6-14(8-24)18(23)17(20)15-7-16(10-25-9-15)34(2,31)32;2*3-2(4,5)1(6)7/h6-7,9-12H,3-5H2,1-2H3,(H2,26,27,28,29,30);2*(H,6,7). The van der Waals surface area contributed by atoms with Gasteiger partial charge in [-0.1, -0.05) is 0 Å². The normalized spacial score (nSPS) is 11.3. The number of hydrogen-bond acceptors (Lipinski definition) is 11. The fourth-order valence-corrected chi connectivity index (χ4v) is 4.10. The van der Waals surface area contributed by atoms with Crippen LogP contribution in [0.1, 0.15) is 18.1 Å². The Hall–Kier alpha value is -5.59. The lowest BCUT2D eigenvalue weighted by Crippen LogP contribution is -2.21. The summed E-state index contributed by atoms with van der Waals surface area (Å²) in [6, 6.07) is 4.62. The first-order valence-electron chi connectivity index (χ1n) is 12.7. The van der Waals surface area contributed by atoms with E-state index in [1.807, 2.05) is 6.07 Å².